The Morgan fingerprint density at radius 2 is 2.11 bits per heavy atom. The van der Waals surface area contributed by atoms with Crippen LogP contribution in [0.4, 0.5) is 0 Å². The van der Waals surface area contributed by atoms with Gasteiger partial charge in [-0.15, -0.1) is 0 Å². The highest BCUT2D eigenvalue weighted by Gasteiger charge is 2.17. The Kier molecular flexibility index (Phi) is 5.40. The van der Waals surface area contributed by atoms with Crippen molar-refractivity contribution in [3.8, 4) is 0 Å². The van der Waals surface area contributed by atoms with Gasteiger partial charge < -0.3 is 10.1 Å². The molecule has 18 heavy (non-hydrogen) atoms. The Balaban J connectivity index is 2.95. The van der Waals surface area contributed by atoms with E-state index in [2.05, 4.69) is 5.32 Å². The van der Waals surface area contributed by atoms with Crippen molar-refractivity contribution in [1.29, 1.82) is 0 Å². The number of rotatable bonds is 5. The van der Waals surface area contributed by atoms with Gasteiger partial charge in [0.25, 0.3) is 15.0 Å². The van der Waals surface area contributed by atoms with Crippen LogP contribution in [0.5, 0.6) is 0 Å². The Morgan fingerprint density at radius 1 is 1.44 bits per heavy atom. The van der Waals surface area contributed by atoms with E-state index >= 15 is 0 Å². The van der Waals surface area contributed by atoms with Crippen molar-refractivity contribution in [2.24, 2.45) is 0 Å². The van der Waals surface area contributed by atoms with E-state index in [0.29, 0.717) is 13.2 Å². The van der Waals surface area contributed by atoms with Gasteiger partial charge in [-0.05, 0) is 18.2 Å². The lowest BCUT2D eigenvalue weighted by Gasteiger charge is -2.06. The van der Waals surface area contributed by atoms with Crippen LogP contribution >= 0.6 is 22.3 Å². The summed E-state index contributed by atoms with van der Waals surface area (Å²) in [7, 11) is 2.73. The largest absolute Gasteiger partial charge is 0.383 e. The van der Waals surface area contributed by atoms with E-state index in [1.165, 1.54) is 19.2 Å². The lowest BCUT2D eigenvalue weighted by atomic mass is 10.2. The summed E-state index contributed by atoms with van der Waals surface area (Å²) in [6.07, 6.45) is 0. The molecule has 8 heteroatoms. The van der Waals surface area contributed by atoms with Crippen LogP contribution in [0.1, 0.15) is 10.4 Å². The van der Waals surface area contributed by atoms with Crippen LogP contribution in [0.25, 0.3) is 0 Å². The van der Waals surface area contributed by atoms with Gasteiger partial charge >= 0.3 is 0 Å². The molecular weight excluding hydrogens is 301 g/mol. The third kappa shape index (κ3) is 4.13. The summed E-state index contributed by atoms with van der Waals surface area (Å²) in [6, 6.07) is 3.85. The van der Waals surface area contributed by atoms with E-state index in [-0.39, 0.29) is 15.5 Å². The lowest BCUT2D eigenvalue weighted by Crippen LogP contribution is -2.27. The molecule has 0 aromatic heterocycles. The monoisotopic (exact) mass is 311 g/mol. The van der Waals surface area contributed by atoms with Crippen molar-refractivity contribution in [2.45, 2.75) is 4.90 Å². The summed E-state index contributed by atoms with van der Waals surface area (Å²) in [5.41, 5.74) is 0.162. The van der Waals surface area contributed by atoms with Crippen molar-refractivity contribution in [3.63, 3.8) is 0 Å². The Bertz CT molecular complexity index is 545. The fourth-order valence-corrected chi connectivity index (χ4v) is 2.69. The highest BCUT2D eigenvalue weighted by Crippen LogP contribution is 2.25. The molecule has 0 atom stereocenters. The van der Waals surface area contributed by atoms with Crippen LogP contribution in [0.3, 0.4) is 0 Å². The van der Waals surface area contributed by atoms with E-state index < -0.39 is 15.0 Å². The zero-order valence-corrected chi connectivity index (χ0v) is 11.8. The minimum atomic E-state index is -3.98. The molecule has 0 aliphatic heterocycles. The molecule has 1 aromatic rings. The van der Waals surface area contributed by atoms with E-state index in [9.17, 15) is 13.2 Å². The molecule has 100 valence electrons. The lowest BCUT2D eigenvalue weighted by molar-refractivity contribution is 0.0937. The highest BCUT2D eigenvalue weighted by atomic mass is 35.7. The molecule has 5 nitrogen and oxygen atoms in total. The summed E-state index contributed by atoms with van der Waals surface area (Å²) in [6.45, 7) is 0.681. The molecule has 1 aromatic carbocycles. The van der Waals surface area contributed by atoms with Gasteiger partial charge in [0, 0.05) is 29.9 Å². The van der Waals surface area contributed by atoms with Gasteiger partial charge in [-0.3, -0.25) is 4.79 Å². The average molecular weight is 312 g/mol. The quantitative estimate of drug-likeness (QED) is 0.663. The predicted molar refractivity (Wildman–Crippen MR) is 68.7 cm³/mol. The molecule has 0 saturated heterocycles. The SMILES string of the molecule is COCCNC(=O)c1ccc(Cl)c(S(=O)(=O)Cl)c1. The summed E-state index contributed by atoms with van der Waals surface area (Å²) < 4.78 is 27.2. The van der Waals surface area contributed by atoms with Crippen molar-refractivity contribution in [3.05, 3.63) is 28.8 Å². The highest BCUT2D eigenvalue weighted by molar-refractivity contribution is 8.13. The first-order chi connectivity index (χ1) is 8.36. The number of hydrogen-bond donors (Lipinski definition) is 1. The number of halogens is 2. The molecule has 0 spiro atoms. The Hall–Kier alpha value is -0.820. The average Bonchev–Trinajstić information content (AvgIpc) is 2.28. The maximum absolute atomic E-state index is 11.7. The van der Waals surface area contributed by atoms with E-state index in [1.807, 2.05) is 0 Å². The van der Waals surface area contributed by atoms with Gasteiger partial charge in [-0.1, -0.05) is 11.6 Å². The second-order valence-electron chi connectivity index (χ2n) is 3.33. The second kappa shape index (κ2) is 6.38. The first-order valence-corrected chi connectivity index (χ1v) is 7.56. The van der Waals surface area contributed by atoms with Crippen LogP contribution in [0, 0.1) is 0 Å². The number of ether oxygens (including phenoxy) is 1. The second-order valence-corrected chi connectivity index (χ2v) is 6.27. The van der Waals surface area contributed by atoms with Gasteiger partial charge in [-0.2, -0.15) is 0 Å². The minimum absolute atomic E-state index is 0.0292. The molecule has 0 radical (unpaired) electrons. The number of carbonyl (C=O) groups is 1. The third-order valence-corrected chi connectivity index (χ3v) is 3.85. The fraction of sp³-hybridized carbons (Fsp3) is 0.300. The number of nitrogens with one attached hydrogen (secondary N) is 1. The van der Waals surface area contributed by atoms with Crippen molar-refractivity contribution < 1.29 is 17.9 Å². The summed E-state index contributed by atoms with van der Waals surface area (Å²) in [5, 5.41) is 2.52. The molecule has 1 rings (SSSR count). The molecule has 0 saturated carbocycles. The topological polar surface area (TPSA) is 72.5 Å². The summed E-state index contributed by atoms with van der Waals surface area (Å²) >= 11 is 5.70. The van der Waals surface area contributed by atoms with Crippen molar-refractivity contribution in [2.75, 3.05) is 20.3 Å². The molecule has 0 aliphatic rings. The standard InChI is InChI=1S/C10H11Cl2NO4S/c1-17-5-4-13-10(14)7-2-3-8(11)9(6-7)18(12,15)16/h2-3,6H,4-5H2,1H3,(H,13,14). The summed E-state index contributed by atoms with van der Waals surface area (Å²) in [5.74, 6) is -0.426. The first kappa shape index (κ1) is 15.2. The van der Waals surface area contributed by atoms with E-state index in [1.54, 1.807) is 0 Å². The maximum atomic E-state index is 11.7. The van der Waals surface area contributed by atoms with Crippen LogP contribution in [0.2, 0.25) is 5.02 Å². The van der Waals surface area contributed by atoms with E-state index in [0.717, 1.165) is 6.07 Å². The molecule has 1 amide bonds. The number of methoxy groups -OCH3 is 1. The zero-order chi connectivity index (χ0) is 13.8. The molecule has 0 heterocycles. The molecule has 1 N–H and O–H groups in total. The minimum Gasteiger partial charge on any atom is -0.383 e. The van der Waals surface area contributed by atoms with Gasteiger partial charge in [-0.25, -0.2) is 8.42 Å². The van der Waals surface area contributed by atoms with E-state index in [4.69, 9.17) is 27.0 Å². The zero-order valence-electron chi connectivity index (χ0n) is 9.44. The number of hydrogen-bond acceptors (Lipinski definition) is 4. The molecule has 0 unspecified atom stereocenters. The van der Waals surface area contributed by atoms with Gasteiger partial charge in [0.05, 0.1) is 11.6 Å². The third-order valence-electron chi connectivity index (χ3n) is 2.05. The maximum Gasteiger partial charge on any atom is 0.262 e. The van der Waals surface area contributed by atoms with Crippen LogP contribution < -0.4 is 5.32 Å². The summed E-state index contributed by atoms with van der Waals surface area (Å²) in [4.78, 5) is 11.4. The fourth-order valence-electron chi connectivity index (χ4n) is 1.20. The van der Waals surface area contributed by atoms with Gasteiger partial charge in [0.1, 0.15) is 4.90 Å². The van der Waals surface area contributed by atoms with Crippen molar-refractivity contribution >= 4 is 37.2 Å². The molecule has 0 fully saturated rings. The first-order valence-electron chi connectivity index (χ1n) is 4.87. The van der Waals surface area contributed by atoms with Gasteiger partial charge in [0.2, 0.25) is 0 Å². The predicted octanol–water partition coefficient (Wildman–Crippen LogP) is 1.64. The van der Waals surface area contributed by atoms with Crippen LogP contribution in [-0.2, 0) is 13.8 Å². The number of amides is 1. The smallest absolute Gasteiger partial charge is 0.262 e. The van der Waals surface area contributed by atoms with Crippen LogP contribution in [-0.4, -0.2) is 34.6 Å². The van der Waals surface area contributed by atoms with Crippen LogP contribution in [0.15, 0.2) is 23.1 Å². The normalized spacial score (nSPS) is 11.3. The number of benzene rings is 1. The van der Waals surface area contributed by atoms with Gasteiger partial charge in [0.15, 0.2) is 0 Å². The Morgan fingerprint density at radius 3 is 2.67 bits per heavy atom. The number of carbonyl (C=O) groups excluding carboxylic acids is 1. The molecule has 0 bridgehead atoms. The molecular formula is C10H11Cl2NO4S. The van der Waals surface area contributed by atoms with Crippen molar-refractivity contribution in [1.82, 2.24) is 5.32 Å². The molecule has 0 aliphatic carbocycles. The Labute approximate surface area is 114 Å².